The van der Waals surface area contributed by atoms with Crippen LogP contribution in [-0.2, 0) is 9.63 Å². The minimum Gasteiger partial charge on any atom is -0.494 e. The van der Waals surface area contributed by atoms with Gasteiger partial charge in [-0.25, -0.2) is 4.79 Å². The number of unbranched alkanes of at least 4 members (excludes halogenated alkanes) is 5. The van der Waals surface area contributed by atoms with Gasteiger partial charge in [0.25, 0.3) is 0 Å². The Balaban J connectivity index is 2.39. The van der Waals surface area contributed by atoms with E-state index < -0.39 is 5.97 Å². The number of carbonyl (C=O) groups is 1. The Morgan fingerprint density at radius 3 is 2.32 bits per heavy atom. The molecule has 1 aromatic rings. The van der Waals surface area contributed by atoms with E-state index in [2.05, 4.69) is 16.9 Å². The van der Waals surface area contributed by atoms with Crippen molar-refractivity contribution >= 4 is 11.7 Å². The first kappa shape index (κ1) is 18.0. The van der Waals surface area contributed by atoms with Crippen molar-refractivity contribution in [2.75, 3.05) is 13.7 Å². The van der Waals surface area contributed by atoms with Crippen LogP contribution in [0, 0.1) is 0 Å². The van der Waals surface area contributed by atoms with Gasteiger partial charge in [0.2, 0.25) is 0 Å². The minimum absolute atomic E-state index is 0.120. The van der Waals surface area contributed by atoms with E-state index >= 15 is 0 Å². The van der Waals surface area contributed by atoms with E-state index in [0.29, 0.717) is 12.2 Å². The SMILES string of the molecule is CCCCCCCCOc1ccc(C(=NOC)C(=O)O)cc1. The van der Waals surface area contributed by atoms with E-state index in [1.54, 1.807) is 24.3 Å². The number of ether oxygens (including phenoxy) is 1. The van der Waals surface area contributed by atoms with E-state index in [-0.39, 0.29) is 5.71 Å². The zero-order valence-corrected chi connectivity index (χ0v) is 13.4. The van der Waals surface area contributed by atoms with E-state index in [4.69, 9.17) is 9.84 Å². The van der Waals surface area contributed by atoms with Gasteiger partial charge in [-0.15, -0.1) is 0 Å². The first-order chi connectivity index (χ1) is 10.7. The number of benzene rings is 1. The third kappa shape index (κ3) is 6.61. The maximum Gasteiger partial charge on any atom is 0.358 e. The Kier molecular flexibility index (Phi) is 8.72. The summed E-state index contributed by atoms with van der Waals surface area (Å²) in [5, 5.41) is 12.6. The molecule has 0 aliphatic rings. The Labute approximate surface area is 131 Å². The van der Waals surface area contributed by atoms with E-state index in [1.165, 1.54) is 39.2 Å². The smallest absolute Gasteiger partial charge is 0.358 e. The molecule has 5 nitrogen and oxygen atoms in total. The van der Waals surface area contributed by atoms with Crippen molar-refractivity contribution in [2.24, 2.45) is 5.16 Å². The molecule has 0 aliphatic heterocycles. The Bertz CT molecular complexity index is 468. The number of aliphatic carboxylic acids is 1. The van der Waals surface area contributed by atoms with Gasteiger partial charge >= 0.3 is 5.97 Å². The van der Waals surface area contributed by atoms with Crippen LogP contribution in [-0.4, -0.2) is 30.5 Å². The lowest BCUT2D eigenvalue weighted by Crippen LogP contribution is -2.14. The number of hydrogen-bond acceptors (Lipinski definition) is 4. The van der Waals surface area contributed by atoms with Gasteiger partial charge in [0.1, 0.15) is 12.9 Å². The summed E-state index contributed by atoms with van der Waals surface area (Å²) in [5.74, 6) is -0.387. The van der Waals surface area contributed by atoms with Gasteiger partial charge < -0.3 is 14.7 Å². The number of nitrogens with zero attached hydrogens (tertiary/aromatic N) is 1. The topological polar surface area (TPSA) is 68.1 Å². The summed E-state index contributed by atoms with van der Waals surface area (Å²) in [7, 11) is 1.32. The van der Waals surface area contributed by atoms with Crippen molar-refractivity contribution in [2.45, 2.75) is 45.4 Å². The molecule has 0 unspecified atom stereocenters. The van der Waals surface area contributed by atoms with Crippen molar-refractivity contribution in [3.05, 3.63) is 29.8 Å². The lowest BCUT2D eigenvalue weighted by atomic mass is 10.1. The van der Waals surface area contributed by atoms with Gasteiger partial charge in [-0.1, -0.05) is 44.2 Å². The fourth-order valence-corrected chi connectivity index (χ4v) is 2.09. The highest BCUT2D eigenvalue weighted by Gasteiger charge is 2.13. The molecule has 0 amide bonds. The van der Waals surface area contributed by atoms with Crippen molar-refractivity contribution in [3.8, 4) is 5.75 Å². The molecule has 0 aliphatic carbocycles. The molecule has 1 N–H and O–H groups in total. The molecule has 1 aromatic carbocycles. The second-order valence-corrected chi connectivity index (χ2v) is 5.07. The summed E-state index contributed by atoms with van der Waals surface area (Å²) in [6.07, 6.45) is 7.33. The number of hydrogen-bond donors (Lipinski definition) is 1. The summed E-state index contributed by atoms with van der Waals surface area (Å²) in [6.45, 7) is 2.89. The molecule has 0 atom stereocenters. The maximum atomic E-state index is 11.1. The molecule has 0 bridgehead atoms. The molecular formula is C17H25NO4. The Morgan fingerprint density at radius 1 is 1.09 bits per heavy atom. The fourth-order valence-electron chi connectivity index (χ4n) is 2.09. The number of oxime groups is 1. The van der Waals surface area contributed by atoms with Crippen LogP contribution in [0.3, 0.4) is 0 Å². The third-order valence-electron chi connectivity index (χ3n) is 3.28. The molecule has 0 aromatic heterocycles. The summed E-state index contributed by atoms with van der Waals surface area (Å²) < 4.78 is 5.65. The van der Waals surface area contributed by atoms with Gasteiger partial charge in [0.05, 0.1) is 6.61 Å². The molecule has 5 heteroatoms. The first-order valence-corrected chi connectivity index (χ1v) is 7.76. The second kappa shape index (κ2) is 10.7. The average Bonchev–Trinajstić information content (AvgIpc) is 2.52. The normalized spacial score (nSPS) is 11.3. The lowest BCUT2D eigenvalue weighted by Gasteiger charge is -2.07. The summed E-state index contributed by atoms with van der Waals surface area (Å²) >= 11 is 0. The summed E-state index contributed by atoms with van der Waals surface area (Å²) in [6, 6.07) is 6.84. The van der Waals surface area contributed by atoms with Crippen LogP contribution in [0.25, 0.3) is 0 Å². The number of rotatable bonds is 11. The quantitative estimate of drug-likeness (QED) is 0.383. The van der Waals surface area contributed by atoms with E-state index in [1.807, 2.05) is 0 Å². The van der Waals surface area contributed by atoms with E-state index in [0.717, 1.165) is 12.2 Å². The molecule has 1 rings (SSSR count). The van der Waals surface area contributed by atoms with Gasteiger partial charge in [0, 0.05) is 5.56 Å². The maximum absolute atomic E-state index is 11.1. The van der Waals surface area contributed by atoms with Crippen molar-refractivity contribution in [3.63, 3.8) is 0 Å². The Hall–Kier alpha value is -2.04. The van der Waals surface area contributed by atoms with E-state index in [9.17, 15) is 4.79 Å². The van der Waals surface area contributed by atoms with Crippen LogP contribution in [0.2, 0.25) is 0 Å². The zero-order valence-electron chi connectivity index (χ0n) is 13.4. The second-order valence-electron chi connectivity index (χ2n) is 5.07. The monoisotopic (exact) mass is 307 g/mol. The lowest BCUT2D eigenvalue weighted by molar-refractivity contribution is -0.129. The highest BCUT2D eigenvalue weighted by Crippen LogP contribution is 2.14. The van der Waals surface area contributed by atoms with Gasteiger partial charge in [-0.3, -0.25) is 0 Å². The molecular weight excluding hydrogens is 282 g/mol. The highest BCUT2D eigenvalue weighted by atomic mass is 16.6. The van der Waals surface area contributed by atoms with Gasteiger partial charge in [-0.05, 0) is 30.7 Å². The predicted octanol–water partition coefficient (Wildman–Crippen LogP) is 3.86. The zero-order chi connectivity index (χ0) is 16.2. The minimum atomic E-state index is -1.12. The first-order valence-electron chi connectivity index (χ1n) is 7.76. The molecule has 0 fully saturated rings. The van der Waals surface area contributed by atoms with Gasteiger partial charge in [-0.2, -0.15) is 0 Å². The van der Waals surface area contributed by atoms with Crippen LogP contribution in [0.5, 0.6) is 5.75 Å². The van der Waals surface area contributed by atoms with Gasteiger partial charge in [0.15, 0.2) is 5.71 Å². The fraction of sp³-hybridized carbons (Fsp3) is 0.529. The molecule has 0 saturated heterocycles. The molecule has 22 heavy (non-hydrogen) atoms. The van der Waals surface area contributed by atoms with Crippen molar-refractivity contribution in [1.29, 1.82) is 0 Å². The van der Waals surface area contributed by atoms with Crippen LogP contribution in [0.4, 0.5) is 0 Å². The van der Waals surface area contributed by atoms with Crippen molar-refractivity contribution < 1.29 is 19.5 Å². The van der Waals surface area contributed by atoms with Crippen LogP contribution in [0.15, 0.2) is 29.4 Å². The third-order valence-corrected chi connectivity index (χ3v) is 3.28. The highest BCUT2D eigenvalue weighted by molar-refractivity contribution is 6.42. The molecule has 0 heterocycles. The van der Waals surface area contributed by atoms with Crippen molar-refractivity contribution in [1.82, 2.24) is 0 Å². The molecule has 0 radical (unpaired) electrons. The summed E-state index contributed by atoms with van der Waals surface area (Å²) in [5.41, 5.74) is 0.367. The predicted molar refractivity (Wildman–Crippen MR) is 86.5 cm³/mol. The number of carboxylic acids is 1. The molecule has 0 saturated carbocycles. The summed E-state index contributed by atoms with van der Waals surface area (Å²) in [4.78, 5) is 15.6. The standard InChI is InChI=1S/C17H25NO4/c1-3-4-5-6-7-8-13-22-15-11-9-14(10-12-15)16(17(19)20)18-21-2/h9-12H,3-8,13H2,1-2H3,(H,19,20). The van der Waals surface area contributed by atoms with Crippen LogP contribution >= 0.6 is 0 Å². The number of carboxylic acid groups (broad SMARTS) is 1. The molecule has 0 spiro atoms. The largest absolute Gasteiger partial charge is 0.494 e. The van der Waals surface area contributed by atoms with Crippen LogP contribution in [0.1, 0.15) is 51.0 Å². The van der Waals surface area contributed by atoms with Crippen LogP contribution < -0.4 is 4.74 Å². The average molecular weight is 307 g/mol. The molecule has 122 valence electrons. The Morgan fingerprint density at radius 2 is 1.73 bits per heavy atom.